The summed E-state index contributed by atoms with van der Waals surface area (Å²) in [6, 6.07) is -0.607. The maximum absolute atomic E-state index is 11.7. The molecule has 6 heteroatoms. The van der Waals surface area contributed by atoms with Crippen LogP contribution >= 0.6 is 0 Å². The van der Waals surface area contributed by atoms with Gasteiger partial charge in [0.05, 0.1) is 6.04 Å². The minimum absolute atomic E-state index is 0.224. The van der Waals surface area contributed by atoms with Crippen LogP contribution in [-0.2, 0) is 4.79 Å². The lowest BCUT2D eigenvalue weighted by Gasteiger charge is -2.20. The van der Waals surface area contributed by atoms with Gasteiger partial charge in [-0.3, -0.25) is 10.1 Å². The first-order valence-corrected chi connectivity index (χ1v) is 6.36. The van der Waals surface area contributed by atoms with E-state index in [9.17, 15) is 9.59 Å². The van der Waals surface area contributed by atoms with Crippen molar-refractivity contribution in [1.29, 1.82) is 0 Å². The number of imide groups is 1. The van der Waals surface area contributed by atoms with Crippen LogP contribution in [0, 0.1) is 0 Å². The van der Waals surface area contributed by atoms with Crippen LogP contribution in [0.25, 0.3) is 0 Å². The molecule has 2 unspecified atom stereocenters. The Balaban J connectivity index is 3.95. The van der Waals surface area contributed by atoms with Crippen LogP contribution < -0.4 is 16.0 Å². The Morgan fingerprint density at radius 2 is 1.83 bits per heavy atom. The van der Waals surface area contributed by atoms with E-state index in [0.717, 1.165) is 13.0 Å². The fourth-order valence-electron chi connectivity index (χ4n) is 1.46. The van der Waals surface area contributed by atoms with E-state index in [-0.39, 0.29) is 18.0 Å². The van der Waals surface area contributed by atoms with Crippen LogP contribution in [0.15, 0.2) is 0 Å². The van der Waals surface area contributed by atoms with Crippen molar-refractivity contribution in [3.05, 3.63) is 0 Å². The number of nitrogens with one attached hydrogen (secondary N) is 3. The fraction of sp³-hybridized carbons (Fsp3) is 0.833. The van der Waals surface area contributed by atoms with Gasteiger partial charge in [-0.2, -0.15) is 0 Å². The zero-order chi connectivity index (χ0) is 14.1. The molecule has 6 nitrogen and oxygen atoms in total. The van der Waals surface area contributed by atoms with Gasteiger partial charge in [0, 0.05) is 12.6 Å². The second-order valence-electron chi connectivity index (χ2n) is 4.73. The summed E-state index contributed by atoms with van der Waals surface area (Å²) in [5, 5.41) is 7.97. The molecule has 0 rings (SSSR count). The number of hydrogen-bond donors (Lipinski definition) is 3. The molecule has 0 aromatic rings. The summed E-state index contributed by atoms with van der Waals surface area (Å²) < 4.78 is 0. The highest BCUT2D eigenvalue weighted by Gasteiger charge is 2.17. The number of carbonyl (C=O) groups excluding carboxylic acids is 2. The third kappa shape index (κ3) is 8.03. The van der Waals surface area contributed by atoms with Gasteiger partial charge in [0.15, 0.2) is 0 Å². The van der Waals surface area contributed by atoms with Gasteiger partial charge in [-0.05, 0) is 47.8 Å². The van der Waals surface area contributed by atoms with Crippen molar-refractivity contribution in [3.63, 3.8) is 0 Å². The molecule has 0 spiro atoms. The van der Waals surface area contributed by atoms with Crippen molar-refractivity contribution in [2.24, 2.45) is 0 Å². The molecule has 18 heavy (non-hydrogen) atoms. The van der Waals surface area contributed by atoms with Gasteiger partial charge in [0.2, 0.25) is 5.91 Å². The monoisotopic (exact) mass is 258 g/mol. The van der Waals surface area contributed by atoms with E-state index in [1.54, 1.807) is 13.8 Å². The third-order valence-corrected chi connectivity index (χ3v) is 2.51. The second kappa shape index (κ2) is 8.88. The Morgan fingerprint density at radius 3 is 2.33 bits per heavy atom. The van der Waals surface area contributed by atoms with Crippen molar-refractivity contribution >= 4 is 11.9 Å². The van der Waals surface area contributed by atoms with Gasteiger partial charge in [-0.15, -0.1) is 0 Å². The average molecular weight is 258 g/mol. The molecule has 0 fully saturated rings. The lowest BCUT2D eigenvalue weighted by Crippen LogP contribution is -2.50. The Bertz CT molecular complexity index is 269. The van der Waals surface area contributed by atoms with Crippen LogP contribution in [0.1, 0.15) is 27.2 Å². The molecule has 0 saturated carbocycles. The van der Waals surface area contributed by atoms with Crippen molar-refractivity contribution in [1.82, 2.24) is 20.9 Å². The Labute approximate surface area is 109 Å². The van der Waals surface area contributed by atoms with Gasteiger partial charge < -0.3 is 15.5 Å². The Morgan fingerprint density at radius 1 is 1.22 bits per heavy atom. The minimum atomic E-state index is -0.447. The molecule has 2 atom stereocenters. The quantitative estimate of drug-likeness (QED) is 0.608. The van der Waals surface area contributed by atoms with E-state index in [0.29, 0.717) is 6.54 Å². The summed E-state index contributed by atoms with van der Waals surface area (Å²) in [6.07, 6.45) is 0.950. The molecule has 0 heterocycles. The van der Waals surface area contributed by atoms with E-state index < -0.39 is 6.03 Å². The Kier molecular flexibility index (Phi) is 8.32. The van der Waals surface area contributed by atoms with Gasteiger partial charge in [-0.25, -0.2) is 4.79 Å². The molecule has 0 aliphatic rings. The number of hydrogen-bond acceptors (Lipinski definition) is 4. The van der Waals surface area contributed by atoms with Crippen molar-refractivity contribution in [2.45, 2.75) is 39.3 Å². The Hall–Kier alpha value is -1.14. The second-order valence-corrected chi connectivity index (χ2v) is 4.73. The zero-order valence-corrected chi connectivity index (χ0v) is 12.0. The van der Waals surface area contributed by atoms with Gasteiger partial charge in [-0.1, -0.05) is 0 Å². The van der Waals surface area contributed by atoms with E-state index in [1.165, 1.54) is 0 Å². The number of rotatable bonds is 7. The predicted octanol–water partition coefficient (Wildman–Crippen LogP) is 0.150. The van der Waals surface area contributed by atoms with Crippen LogP contribution in [-0.4, -0.2) is 56.1 Å². The summed E-state index contributed by atoms with van der Waals surface area (Å²) in [7, 11) is 4.02. The van der Waals surface area contributed by atoms with Gasteiger partial charge in [0.25, 0.3) is 0 Å². The number of nitrogens with zero attached hydrogens (tertiary/aromatic N) is 1. The fourth-order valence-corrected chi connectivity index (χ4v) is 1.46. The molecule has 0 radical (unpaired) electrons. The molecular weight excluding hydrogens is 232 g/mol. The van der Waals surface area contributed by atoms with E-state index in [4.69, 9.17) is 0 Å². The number of amides is 3. The summed E-state index contributed by atoms with van der Waals surface area (Å²) in [5.74, 6) is -0.308. The van der Waals surface area contributed by atoms with Gasteiger partial charge >= 0.3 is 6.03 Å². The van der Waals surface area contributed by atoms with Crippen molar-refractivity contribution in [2.75, 3.05) is 27.2 Å². The first kappa shape index (κ1) is 16.9. The summed E-state index contributed by atoms with van der Waals surface area (Å²) >= 11 is 0. The van der Waals surface area contributed by atoms with Crippen LogP contribution in [0.3, 0.4) is 0 Å². The number of carbonyl (C=O) groups is 2. The standard InChI is InChI=1S/C12H26N4O2/c1-6-13-12(18)15-11(17)10(3)14-9(2)7-8-16(4)5/h9-10,14H,6-8H2,1-5H3,(H2,13,15,17,18). The lowest BCUT2D eigenvalue weighted by atomic mass is 10.2. The maximum atomic E-state index is 11.7. The molecular formula is C12H26N4O2. The molecule has 0 aliphatic carbocycles. The highest BCUT2D eigenvalue weighted by molar-refractivity contribution is 5.96. The predicted molar refractivity (Wildman–Crippen MR) is 72.4 cm³/mol. The first-order chi connectivity index (χ1) is 8.36. The van der Waals surface area contributed by atoms with E-state index >= 15 is 0 Å². The van der Waals surface area contributed by atoms with Crippen LogP contribution in [0.5, 0.6) is 0 Å². The SMILES string of the molecule is CCNC(=O)NC(=O)C(C)NC(C)CCN(C)C. The van der Waals surface area contributed by atoms with E-state index in [2.05, 4.69) is 20.9 Å². The van der Waals surface area contributed by atoms with Crippen LogP contribution in [0.4, 0.5) is 4.79 Å². The largest absolute Gasteiger partial charge is 0.338 e. The first-order valence-electron chi connectivity index (χ1n) is 6.36. The third-order valence-electron chi connectivity index (χ3n) is 2.51. The summed E-state index contributed by atoms with van der Waals surface area (Å²) in [5.41, 5.74) is 0. The molecule has 0 aromatic carbocycles. The average Bonchev–Trinajstić information content (AvgIpc) is 2.26. The summed E-state index contributed by atoms with van der Waals surface area (Å²) in [6.45, 7) is 7.04. The lowest BCUT2D eigenvalue weighted by molar-refractivity contribution is -0.121. The highest BCUT2D eigenvalue weighted by atomic mass is 16.2. The molecule has 0 bridgehead atoms. The minimum Gasteiger partial charge on any atom is -0.338 e. The van der Waals surface area contributed by atoms with Crippen molar-refractivity contribution in [3.8, 4) is 0 Å². The van der Waals surface area contributed by atoms with E-state index in [1.807, 2.05) is 21.0 Å². The maximum Gasteiger partial charge on any atom is 0.321 e. The molecule has 106 valence electrons. The molecule has 3 N–H and O–H groups in total. The molecule has 0 aromatic heterocycles. The van der Waals surface area contributed by atoms with Gasteiger partial charge in [0.1, 0.15) is 0 Å². The molecule has 0 saturated heterocycles. The zero-order valence-electron chi connectivity index (χ0n) is 12.0. The van der Waals surface area contributed by atoms with Crippen LogP contribution in [0.2, 0.25) is 0 Å². The smallest absolute Gasteiger partial charge is 0.321 e. The molecule has 0 aliphatic heterocycles. The molecule has 3 amide bonds. The van der Waals surface area contributed by atoms with Crippen molar-refractivity contribution < 1.29 is 9.59 Å². The number of urea groups is 1. The summed E-state index contributed by atoms with van der Waals surface area (Å²) in [4.78, 5) is 24.9. The topological polar surface area (TPSA) is 73.5 Å². The highest BCUT2D eigenvalue weighted by Crippen LogP contribution is 1.95. The normalized spacial score (nSPS) is 14.1.